The van der Waals surface area contributed by atoms with E-state index in [9.17, 15) is 14.7 Å². The highest BCUT2D eigenvalue weighted by Crippen LogP contribution is 2.18. The van der Waals surface area contributed by atoms with Crippen molar-refractivity contribution in [2.45, 2.75) is 400 Å². The lowest BCUT2D eigenvalue weighted by atomic mass is 10.0. The molecule has 0 aliphatic carbocycles. The molecule has 0 aromatic rings. The minimum Gasteiger partial charge on any atom is -0.481 e. The Kier molecular flexibility index (Phi) is 72.1. The number of hydrogen-bond acceptors (Lipinski definition) is 3. The molecule has 0 aromatic carbocycles. The van der Waals surface area contributed by atoms with Gasteiger partial charge in [0.15, 0.2) is 0 Å². The molecule has 0 amide bonds. The first-order chi connectivity index (χ1) is 33.8. The molecule has 0 aromatic heterocycles. The maximum absolute atomic E-state index is 10.3. The van der Waals surface area contributed by atoms with Crippen LogP contribution in [0.3, 0.4) is 0 Å². The molecule has 1 unspecified atom stereocenters. The Bertz CT molecular complexity index is 862. The van der Waals surface area contributed by atoms with E-state index in [0.717, 1.165) is 38.5 Å². The largest absolute Gasteiger partial charge is 0.481 e. The molecule has 0 rings (SSSR count). The van der Waals surface area contributed by atoms with E-state index in [1.807, 2.05) is 0 Å². The van der Waals surface area contributed by atoms with Crippen LogP contribution in [0.1, 0.15) is 394 Å². The number of carboxylic acids is 2. The van der Waals surface area contributed by atoms with Gasteiger partial charge in [-0.15, -0.1) is 0 Å². The monoisotopic (exact) mass is 979 g/mol. The summed E-state index contributed by atoms with van der Waals surface area (Å²) in [6, 6.07) is 0. The Labute approximate surface area is 434 Å². The van der Waals surface area contributed by atoms with Crippen LogP contribution in [0.5, 0.6) is 0 Å². The summed E-state index contributed by atoms with van der Waals surface area (Å²) in [6.07, 6.45) is 74.5. The summed E-state index contributed by atoms with van der Waals surface area (Å²) in [5, 5.41) is 27.2. The van der Waals surface area contributed by atoms with Gasteiger partial charge >= 0.3 is 11.9 Å². The average molecular weight is 980 g/mol. The third-order valence-corrected chi connectivity index (χ3v) is 14.5. The van der Waals surface area contributed by atoms with Crippen molar-refractivity contribution < 1.29 is 24.9 Å². The maximum atomic E-state index is 10.3. The van der Waals surface area contributed by atoms with E-state index < -0.39 is 11.9 Å². The Morgan fingerprint density at radius 2 is 0.362 bits per heavy atom. The van der Waals surface area contributed by atoms with Crippen LogP contribution in [-0.4, -0.2) is 33.4 Å². The summed E-state index contributed by atoms with van der Waals surface area (Å²) in [5.41, 5.74) is 0. The number of aliphatic hydroxyl groups excluding tert-OH is 1. The first-order valence-electron chi connectivity index (χ1n) is 32.0. The minimum absolute atomic E-state index is 0.0305. The molecule has 0 saturated carbocycles. The normalized spacial score (nSPS) is 11.6. The number of hydrogen-bond donors (Lipinski definition) is 3. The highest BCUT2D eigenvalue weighted by atomic mass is 16.4. The third-order valence-electron chi connectivity index (χ3n) is 14.5. The van der Waals surface area contributed by atoms with Crippen molar-refractivity contribution in [1.29, 1.82) is 0 Å². The van der Waals surface area contributed by atoms with Crippen LogP contribution in [0, 0.1) is 0 Å². The lowest BCUT2D eigenvalue weighted by Gasteiger charge is -2.10. The Balaban J connectivity index is -0.000000974. The molecular weight excluding hydrogens is 849 g/mol. The predicted octanol–water partition coefficient (Wildman–Crippen LogP) is 22.8. The van der Waals surface area contributed by atoms with Gasteiger partial charge in [-0.1, -0.05) is 355 Å². The summed E-state index contributed by atoms with van der Waals surface area (Å²) >= 11 is 0. The van der Waals surface area contributed by atoms with E-state index in [1.54, 1.807) is 0 Å². The van der Waals surface area contributed by atoms with Crippen molar-refractivity contribution in [1.82, 2.24) is 0 Å². The molecule has 69 heavy (non-hydrogen) atoms. The second kappa shape index (κ2) is 69.0. The molecule has 0 heterocycles. The van der Waals surface area contributed by atoms with E-state index in [4.69, 9.17) is 10.2 Å². The number of unbranched alkanes of at least 4 members (excludes halogenated alkanes) is 49. The molecule has 0 aliphatic rings. The fourth-order valence-electron chi connectivity index (χ4n) is 9.70. The SMILES string of the molecule is CCCCCCCCCCCCCCCCCC(=O)O.CCCCCCCCCCCCCCCCCC(=O)O.CCCCCCCCCCCCCCCCCC(O)CCCCCCCCCC. The van der Waals surface area contributed by atoms with Gasteiger partial charge in [-0.3, -0.25) is 9.59 Å². The number of aliphatic hydroxyl groups is 1. The van der Waals surface area contributed by atoms with Crippen molar-refractivity contribution in [3.05, 3.63) is 0 Å². The minimum atomic E-state index is -0.653. The van der Waals surface area contributed by atoms with Crippen molar-refractivity contribution in [3.8, 4) is 0 Å². The first-order valence-corrected chi connectivity index (χ1v) is 32.0. The zero-order valence-electron chi connectivity index (χ0n) is 48.0. The van der Waals surface area contributed by atoms with Gasteiger partial charge in [0.2, 0.25) is 0 Å². The maximum Gasteiger partial charge on any atom is 0.303 e. The van der Waals surface area contributed by atoms with Crippen LogP contribution in [0.2, 0.25) is 0 Å². The molecule has 0 fully saturated rings. The first kappa shape index (κ1) is 72.1. The standard InChI is InChI=1S/C28H58O.2C18H36O2/c1-3-5-7-9-11-13-14-15-16-17-18-19-21-23-25-27-28(29)26-24-22-20-12-10-8-6-4-2;2*1-2-3-4-5-6-7-8-9-10-11-12-13-14-15-16-17-18(19)20/h28-29H,3-27H2,1-2H3;2*2-17H2,1H3,(H,19,20). The van der Waals surface area contributed by atoms with Gasteiger partial charge in [0, 0.05) is 12.8 Å². The van der Waals surface area contributed by atoms with E-state index in [1.165, 1.54) is 315 Å². The lowest BCUT2D eigenvalue weighted by Crippen LogP contribution is -2.05. The highest BCUT2D eigenvalue weighted by molar-refractivity contribution is 5.66. The molecule has 0 saturated heterocycles. The van der Waals surface area contributed by atoms with Crippen LogP contribution < -0.4 is 0 Å². The van der Waals surface area contributed by atoms with Crippen LogP contribution >= 0.6 is 0 Å². The molecule has 5 heteroatoms. The van der Waals surface area contributed by atoms with E-state index >= 15 is 0 Å². The molecule has 0 spiro atoms. The van der Waals surface area contributed by atoms with Crippen molar-refractivity contribution in [2.75, 3.05) is 0 Å². The summed E-state index contributed by atoms with van der Waals surface area (Å²) < 4.78 is 0. The Hall–Kier alpha value is -1.10. The van der Waals surface area contributed by atoms with Gasteiger partial charge < -0.3 is 15.3 Å². The van der Waals surface area contributed by atoms with Gasteiger partial charge in [-0.25, -0.2) is 0 Å². The molecule has 5 nitrogen and oxygen atoms in total. The van der Waals surface area contributed by atoms with Crippen LogP contribution in [-0.2, 0) is 9.59 Å². The molecule has 416 valence electrons. The molecule has 0 radical (unpaired) electrons. The van der Waals surface area contributed by atoms with Gasteiger partial charge in [-0.05, 0) is 25.7 Å². The average Bonchev–Trinajstić information content (AvgIpc) is 3.33. The summed E-state index contributed by atoms with van der Waals surface area (Å²) in [5.74, 6) is -1.31. The number of carbonyl (C=O) groups is 2. The van der Waals surface area contributed by atoms with Crippen LogP contribution in [0.15, 0.2) is 0 Å². The second-order valence-corrected chi connectivity index (χ2v) is 21.8. The van der Waals surface area contributed by atoms with E-state index in [-0.39, 0.29) is 6.10 Å². The van der Waals surface area contributed by atoms with E-state index in [2.05, 4.69) is 27.7 Å². The quantitative estimate of drug-likeness (QED) is 0.0528. The molecule has 1 atom stereocenters. The van der Waals surface area contributed by atoms with Crippen LogP contribution in [0.4, 0.5) is 0 Å². The molecule has 0 aliphatic heterocycles. The highest BCUT2D eigenvalue weighted by Gasteiger charge is 2.04. The number of rotatable bonds is 57. The van der Waals surface area contributed by atoms with Gasteiger partial charge in [0.1, 0.15) is 0 Å². The van der Waals surface area contributed by atoms with Crippen molar-refractivity contribution in [3.63, 3.8) is 0 Å². The Morgan fingerprint density at radius 1 is 0.232 bits per heavy atom. The van der Waals surface area contributed by atoms with Gasteiger partial charge in [0.05, 0.1) is 6.10 Å². The Morgan fingerprint density at radius 3 is 0.507 bits per heavy atom. The van der Waals surface area contributed by atoms with Crippen molar-refractivity contribution >= 4 is 11.9 Å². The number of aliphatic carboxylic acids is 2. The summed E-state index contributed by atoms with van der Waals surface area (Å²) in [4.78, 5) is 20.7. The summed E-state index contributed by atoms with van der Waals surface area (Å²) in [7, 11) is 0. The fraction of sp³-hybridized carbons (Fsp3) is 0.969. The molecule has 0 bridgehead atoms. The number of carboxylic acid groups (broad SMARTS) is 2. The van der Waals surface area contributed by atoms with Gasteiger partial charge in [0.25, 0.3) is 0 Å². The molecular formula is C64H130O5. The smallest absolute Gasteiger partial charge is 0.303 e. The molecule has 3 N–H and O–H groups in total. The van der Waals surface area contributed by atoms with E-state index in [0.29, 0.717) is 12.8 Å². The fourth-order valence-corrected chi connectivity index (χ4v) is 9.70. The topological polar surface area (TPSA) is 94.8 Å². The predicted molar refractivity (Wildman–Crippen MR) is 307 cm³/mol. The lowest BCUT2D eigenvalue weighted by molar-refractivity contribution is -0.138. The zero-order valence-corrected chi connectivity index (χ0v) is 48.0. The van der Waals surface area contributed by atoms with Gasteiger partial charge in [-0.2, -0.15) is 0 Å². The second-order valence-electron chi connectivity index (χ2n) is 21.8. The van der Waals surface area contributed by atoms with Crippen LogP contribution in [0.25, 0.3) is 0 Å². The van der Waals surface area contributed by atoms with Crippen molar-refractivity contribution in [2.24, 2.45) is 0 Å². The third kappa shape index (κ3) is 78.5. The summed E-state index contributed by atoms with van der Waals surface area (Å²) in [6.45, 7) is 9.11. The zero-order chi connectivity index (χ0) is 51.0.